The van der Waals surface area contributed by atoms with Crippen LogP contribution in [-0.4, -0.2) is 34.1 Å². The molecule has 4 rings (SSSR count). The van der Waals surface area contributed by atoms with E-state index in [0.29, 0.717) is 16.5 Å². The van der Waals surface area contributed by atoms with E-state index in [2.05, 4.69) is 21.0 Å². The predicted molar refractivity (Wildman–Crippen MR) is 108 cm³/mol. The molecule has 29 heavy (non-hydrogen) atoms. The van der Waals surface area contributed by atoms with E-state index in [4.69, 9.17) is 4.74 Å². The van der Waals surface area contributed by atoms with Gasteiger partial charge in [0.05, 0.1) is 33.6 Å². The molecule has 5 atom stereocenters. The maximum absolute atomic E-state index is 12.7. The zero-order valence-corrected chi connectivity index (χ0v) is 17.5. The minimum absolute atomic E-state index is 0.105. The predicted octanol–water partition coefficient (Wildman–Crippen LogP) is 3.68. The van der Waals surface area contributed by atoms with E-state index in [0.717, 1.165) is 11.4 Å². The Hall–Kier alpha value is -2.55. The van der Waals surface area contributed by atoms with E-state index in [9.17, 15) is 19.7 Å². The maximum atomic E-state index is 12.7. The van der Waals surface area contributed by atoms with Gasteiger partial charge in [0, 0.05) is 11.6 Å². The normalized spacial score (nSPS) is 28.4. The van der Waals surface area contributed by atoms with E-state index in [-0.39, 0.29) is 53.0 Å². The van der Waals surface area contributed by atoms with Crippen molar-refractivity contribution in [2.45, 2.75) is 32.8 Å². The molecule has 1 aliphatic heterocycles. The molecule has 1 heterocycles. The third kappa shape index (κ3) is 3.27. The quantitative estimate of drug-likeness (QED) is 0.211. The summed E-state index contributed by atoms with van der Waals surface area (Å²) in [5, 5.41) is 16.5. The van der Waals surface area contributed by atoms with Crippen molar-refractivity contribution in [2.24, 2.45) is 28.8 Å². The summed E-state index contributed by atoms with van der Waals surface area (Å²) in [6.45, 7) is 3.75. The fourth-order valence-corrected chi connectivity index (χ4v) is 4.90. The fourth-order valence-electron chi connectivity index (χ4n) is 4.34. The van der Waals surface area contributed by atoms with Crippen LogP contribution in [0.15, 0.2) is 33.9 Å². The second-order valence-electron chi connectivity index (χ2n) is 7.68. The molecule has 152 valence electrons. The molecule has 2 fully saturated rings. The topological polar surface area (TPSA) is 102 Å². The highest BCUT2D eigenvalue weighted by atomic mass is 79.9. The van der Waals surface area contributed by atoms with Gasteiger partial charge in [-0.1, -0.05) is 19.1 Å². The number of fused-ring (bicyclic) bond motifs is 5. The van der Waals surface area contributed by atoms with Crippen molar-refractivity contribution in [2.75, 3.05) is 0 Å². The van der Waals surface area contributed by atoms with Gasteiger partial charge in [-0.2, -0.15) is 10.1 Å². The minimum atomic E-state index is -0.528. The number of carbonyl (C=O) groups is 2. The first kappa shape index (κ1) is 19.8. The van der Waals surface area contributed by atoms with E-state index < -0.39 is 4.92 Å². The molecule has 2 bridgehead atoms. The SMILES string of the molecule is CCC(C)Oc1c(Br)cc(C=NN2C(=O)C3C4C=CC(C4)C3C2=O)cc1[N+](=O)[O-]. The first-order chi connectivity index (χ1) is 13.8. The molecular formula is C20H20BrN3O5. The van der Waals surface area contributed by atoms with Crippen LogP contribution in [0.1, 0.15) is 32.3 Å². The van der Waals surface area contributed by atoms with Crippen LogP contribution in [0, 0.1) is 33.8 Å². The highest BCUT2D eigenvalue weighted by Crippen LogP contribution is 2.52. The number of nitro groups is 1. The average molecular weight is 462 g/mol. The Morgan fingerprint density at radius 2 is 1.93 bits per heavy atom. The number of hydrogen-bond acceptors (Lipinski definition) is 6. The highest BCUT2D eigenvalue weighted by Gasteiger charge is 2.59. The molecule has 5 unspecified atom stereocenters. The number of nitro benzene ring substituents is 1. The molecule has 1 aromatic rings. The van der Waals surface area contributed by atoms with Gasteiger partial charge in [0.15, 0.2) is 0 Å². The highest BCUT2D eigenvalue weighted by molar-refractivity contribution is 9.10. The van der Waals surface area contributed by atoms with Gasteiger partial charge in [-0.3, -0.25) is 19.7 Å². The van der Waals surface area contributed by atoms with Gasteiger partial charge in [0.1, 0.15) is 0 Å². The fraction of sp³-hybridized carbons (Fsp3) is 0.450. The molecule has 8 nitrogen and oxygen atoms in total. The summed E-state index contributed by atoms with van der Waals surface area (Å²) in [5.41, 5.74) is 0.179. The van der Waals surface area contributed by atoms with Crippen LogP contribution < -0.4 is 4.74 Å². The summed E-state index contributed by atoms with van der Waals surface area (Å²) in [4.78, 5) is 36.3. The molecule has 2 amide bonds. The largest absolute Gasteiger partial charge is 0.483 e. The lowest BCUT2D eigenvalue weighted by Crippen LogP contribution is -2.28. The summed E-state index contributed by atoms with van der Waals surface area (Å²) >= 11 is 3.32. The lowest BCUT2D eigenvalue weighted by Gasteiger charge is -2.14. The van der Waals surface area contributed by atoms with Crippen molar-refractivity contribution in [1.82, 2.24) is 5.01 Å². The molecule has 3 aliphatic rings. The van der Waals surface area contributed by atoms with Gasteiger partial charge >= 0.3 is 5.69 Å². The Morgan fingerprint density at radius 3 is 2.48 bits per heavy atom. The van der Waals surface area contributed by atoms with E-state index in [1.54, 1.807) is 6.07 Å². The molecule has 1 aromatic carbocycles. The summed E-state index contributed by atoms with van der Waals surface area (Å²) in [6.07, 6.45) is 6.69. The molecule has 0 N–H and O–H groups in total. The number of ether oxygens (including phenoxy) is 1. The molecular weight excluding hydrogens is 442 g/mol. The van der Waals surface area contributed by atoms with Gasteiger partial charge in [-0.15, -0.1) is 0 Å². The van der Waals surface area contributed by atoms with Gasteiger partial charge in [0.25, 0.3) is 11.8 Å². The number of nitrogens with zero attached hydrogens (tertiary/aromatic N) is 3. The Kier molecular flexibility index (Phi) is 5.02. The Morgan fingerprint density at radius 1 is 1.31 bits per heavy atom. The standard InChI is InChI=1S/C20H20BrN3O5/c1-3-10(2)29-18-14(21)6-11(7-15(18)24(27)28)9-22-23-19(25)16-12-4-5-13(8-12)17(16)20(23)26/h4-7,9-10,12-13,16-17H,3,8H2,1-2H3. The summed E-state index contributed by atoms with van der Waals surface area (Å²) in [7, 11) is 0. The zero-order valence-electron chi connectivity index (χ0n) is 15.9. The first-order valence-corrected chi connectivity index (χ1v) is 10.4. The molecule has 1 saturated heterocycles. The van der Waals surface area contributed by atoms with Crippen molar-refractivity contribution in [1.29, 1.82) is 0 Å². The van der Waals surface area contributed by atoms with Gasteiger partial charge in [-0.05, 0) is 53.6 Å². The van der Waals surface area contributed by atoms with Crippen molar-refractivity contribution < 1.29 is 19.2 Å². The van der Waals surface area contributed by atoms with Crippen LogP contribution in [0.2, 0.25) is 0 Å². The Labute approximate surface area is 175 Å². The van der Waals surface area contributed by atoms with Crippen LogP contribution >= 0.6 is 15.9 Å². The number of carbonyl (C=O) groups excluding carboxylic acids is 2. The van der Waals surface area contributed by atoms with Crippen LogP contribution in [0.4, 0.5) is 5.69 Å². The molecule has 1 saturated carbocycles. The number of imide groups is 1. The minimum Gasteiger partial charge on any atom is -0.483 e. The van der Waals surface area contributed by atoms with E-state index in [1.807, 2.05) is 26.0 Å². The molecule has 0 aromatic heterocycles. The van der Waals surface area contributed by atoms with Crippen LogP contribution in [0.25, 0.3) is 0 Å². The first-order valence-electron chi connectivity index (χ1n) is 9.56. The second kappa shape index (κ2) is 7.37. The number of allylic oxidation sites excluding steroid dienone is 2. The van der Waals surface area contributed by atoms with Crippen LogP contribution in [0.3, 0.4) is 0 Å². The van der Waals surface area contributed by atoms with E-state index in [1.165, 1.54) is 12.3 Å². The summed E-state index contributed by atoms with van der Waals surface area (Å²) in [5.74, 6) is -0.893. The third-order valence-electron chi connectivity index (χ3n) is 5.91. The maximum Gasteiger partial charge on any atom is 0.312 e. The number of rotatable bonds is 6. The zero-order chi connectivity index (χ0) is 20.9. The van der Waals surface area contributed by atoms with Crippen molar-refractivity contribution in [3.8, 4) is 5.75 Å². The number of benzene rings is 1. The lowest BCUT2D eigenvalue weighted by atomic mass is 9.85. The lowest BCUT2D eigenvalue weighted by molar-refractivity contribution is -0.386. The van der Waals surface area contributed by atoms with Gasteiger partial charge in [0.2, 0.25) is 5.75 Å². The number of amides is 2. The smallest absolute Gasteiger partial charge is 0.312 e. The summed E-state index contributed by atoms with van der Waals surface area (Å²) in [6, 6.07) is 2.94. The summed E-state index contributed by atoms with van der Waals surface area (Å²) < 4.78 is 6.08. The van der Waals surface area contributed by atoms with E-state index >= 15 is 0 Å². The Balaban J connectivity index is 1.60. The number of halogens is 1. The van der Waals surface area contributed by atoms with Gasteiger partial charge in [-0.25, -0.2) is 0 Å². The molecule has 0 spiro atoms. The molecule has 0 radical (unpaired) electrons. The Bertz CT molecular complexity index is 930. The third-order valence-corrected chi connectivity index (χ3v) is 6.50. The van der Waals surface area contributed by atoms with Crippen LogP contribution in [0.5, 0.6) is 5.75 Å². The molecule has 2 aliphatic carbocycles. The van der Waals surface area contributed by atoms with Crippen LogP contribution in [-0.2, 0) is 9.59 Å². The average Bonchev–Trinajstić information content (AvgIpc) is 3.36. The second-order valence-corrected chi connectivity index (χ2v) is 8.53. The van der Waals surface area contributed by atoms with Crippen molar-refractivity contribution >= 4 is 39.6 Å². The van der Waals surface area contributed by atoms with Gasteiger partial charge < -0.3 is 4.74 Å². The number of hydrazone groups is 1. The number of hydrogen-bond donors (Lipinski definition) is 0. The molecule has 9 heteroatoms. The van der Waals surface area contributed by atoms with Crippen molar-refractivity contribution in [3.05, 3.63) is 44.4 Å². The van der Waals surface area contributed by atoms with Crippen molar-refractivity contribution in [3.63, 3.8) is 0 Å². The monoisotopic (exact) mass is 461 g/mol.